The first-order valence-corrected chi connectivity index (χ1v) is 47.2. The lowest BCUT2D eigenvalue weighted by molar-refractivity contribution is 0.00520. The summed E-state index contributed by atoms with van der Waals surface area (Å²) in [7, 11) is 0. The van der Waals surface area contributed by atoms with Crippen LogP contribution < -0.4 is 62.5 Å². The minimum absolute atomic E-state index is 0.00581. The number of halogens is 1. The number of hydrogen-bond donors (Lipinski definition) is 11. The van der Waals surface area contributed by atoms with Crippen molar-refractivity contribution in [1.29, 1.82) is 0 Å². The number of benzene rings is 8. The van der Waals surface area contributed by atoms with E-state index < -0.39 is 16.7 Å². The monoisotopic (exact) mass is 1910 g/mol. The van der Waals surface area contributed by atoms with Gasteiger partial charge in [-0.2, -0.15) is 38.0 Å². The summed E-state index contributed by atoms with van der Waals surface area (Å²) in [6.07, 6.45) is 15.0. The molecule has 20 rings (SSSR count). The summed E-state index contributed by atoms with van der Waals surface area (Å²) in [5.41, 5.74) is 5.03. The maximum absolute atomic E-state index is 13.3. The van der Waals surface area contributed by atoms with Crippen molar-refractivity contribution in [1.82, 2.24) is 99.6 Å². The van der Waals surface area contributed by atoms with Crippen molar-refractivity contribution in [3.63, 3.8) is 0 Å². The number of H-pyrrole nitrogens is 4. The Morgan fingerprint density at radius 3 is 0.936 bits per heavy atom. The first-order valence-electron chi connectivity index (χ1n) is 46.8. The molecule has 16 aromatic rings. The van der Waals surface area contributed by atoms with Crippen molar-refractivity contribution in [3.8, 4) is 68.5 Å². The second kappa shape index (κ2) is 42.6. The molecule has 0 atom stereocenters. The number of amides is 4. The number of aliphatic hydroxyl groups excluding tert-OH is 1. The molecule has 0 spiro atoms. The summed E-state index contributed by atoms with van der Waals surface area (Å²) in [5.74, 6) is 3.46. The highest BCUT2D eigenvalue weighted by Gasteiger charge is 2.43. The van der Waals surface area contributed by atoms with E-state index in [2.05, 4.69) is 88.5 Å². The van der Waals surface area contributed by atoms with Crippen LogP contribution in [0.4, 0.5) is 0 Å². The van der Waals surface area contributed by atoms with Gasteiger partial charge in [0.2, 0.25) is 0 Å². The van der Waals surface area contributed by atoms with Gasteiger partial charge in [0, 0.05) is 65.1 Å². The molecule has 36 heteroatoms. The maximum atomic E-state index is 13.3. The fourth-order valence-electron chi connectivity index (χ4n) is 17.7. The van der Waals surface area contributed by atoms with Crippen molar-refractivity contribution in [2.24, 2.45) is 0 Å². The second-order valence-electron chi connectivity index (χ2n) is 35.9. The van der Waals surface area contributed by atoms with Crippen LogP contribution >= 0.6 is 11.6 Å². The van der Waals surface area contributed by atoms with Gasteiger partial charge in [0.1, 0.15) is 49.4 Å². The number of aromatic amines is 4. The third kappa shape index (κ3) is 22.6. The van der Waals surface area contributed by atoms with Gasteiger partial charge in [0.05, 0.1) is 73.4 Å². The van der Waals surface area contributed by atoms with E-state index in [1.165, 1.54) is 42.3 Å². The molecule has 4 aliphatic carbocycles. The lowest BCUT2D eigenvalue weighted by Gasteiger charge is -2.36. The lowest BCUT2D eigenvalue weighted by Crippen LogP contribution is -2.52. The molecule has 4 amide bonds. The van der Waals surface area contributed by atoms with E-state index >= 15 is 0 Å². The molecule has 140 heavy (non-hydrogen) atoms. The summed E-state index contributed by atoms with van der Waals surface area (Å²) in [6, 6.07) is 64.6. The fraction of sp³-hybridized carbons (Fsp3) is 0.308. The summed E-state index contributed by atoms with van der Waals surface area (Å²) < 4.78 is 28.9. The van der Waals surface area contributed by atoms with Gasteiger partial charge in [-0.05, 0) is 126 Å². The molecule has 720 valence electrons. The molecule has 11 N–H and O–H groups in total. The van der Waals surface area contributed by atoms with Crippen LogP contribution in [0.1, 0.15) is 197 Å². The summed E-state index contributed by atoms with van der Waals surface area (Å²) >= 11 is 6.34. The van der Waals surface area contributed by atoms with Gasteiger partial charge in [-0.1, -0.05) is 234 Å². The van der Waals surface area contributed by atoms with Crippen molar-refractivity contribution < 1.29 is 53.4 Å². The molecular weight excluding hydrogens is 1800 g/mol. The van der Waals surface area contributed by atoms with Gasteiger partial charge in [0.15, 0.2) is 23.3 Å². The maximum Gasteiger partial charge on any atom is 0.274 e. The molecule has 4 saturated carbocycles. The highest BCUT2D eigenvalue weighted by molar-refractivity contribution is 6.34. The number of aromatic nitrogens is 16. The number of ether oxygens (including phenoxy) is 4. The molecule has 35 nitrogen and oxygen atoms in total. The molecule has 0 radical (unpaired) electrons. The molecule has 0 unspecified atom stereocenters. The molecule has 0 aliphatic heterocycles. The average Bonchev–Trinajstić information content (AvgIpc) is 1.69. The standard InChI is InChI=1S/2C27H29N5O4.C26H27N5O4.C24H22ClN5O3/c1-18-9-8-12-21(23(18)25(35)30-27(17-33)13-6-3-7-14-27)36-16-20-15-22(34)32-26(28-20)29-24(31-32)19-10-4-2-5-11-19;1-18-9-8-12-21(23(18)25(34)28-17-27(35)13-6-3-7-14-27)36-16-20-15-22(33)32-26(29-20)30-24(31-32)19-10-4-2-5-11-19;1-17-8-7-11-20(22(17)24(33)27-16-26(34)12-5-6-13-26)35-15-19-14-21(32)31-25(28-19)29-23(30-31)18-9-3-2-4-10-18;1-2-24(11-12-24)28-22(32)20-17(25)9-6-10-18(20)33-14-16-13-19(31)30-23(26-16)27-21(29-30)15-7-4-3-5-8-15/h2,4-5,8-12,15,33H,3,6-7,13-14,16-17H2,1H3,(H,30,35)(H,28,29,31);2,4-5,8-12,15,35H,3,6-7,13-14,16-17H2,1H3,(H,28,34)(H,29,30,31);2-4,7-11,14,34H,5-6,12-13,15-16H2,1H3,(H,27,33)(H,28,29,30);3-10,13H,2,11-12,14H2,1H3,(H,28,32)(H,26,27,29). The van der Waals surface area contributed by atoms with Crippen LogP contribution in [0, 0.1) is 20.8 Å². The quantitative estimate of drug-likeness (QED) is 0.0217. The van der Waals surface area contributed by atoms with Crippen LogP contribution in [0.15, 0.2) is 238 Å². The number of nitrogens with one attached hydrogen (secondary N) is 8. The van der Waals surface area contributed by atoms with Crippen molar-refractivity contribution in [2.75, 3.05) is 19.7 Å². The number of rotatable bonds is 28. The third-order valence-electron chi connectivity index (χ3n) is 25.7. The summed E-state index contributed by atoms with van der Waals surface area (Å²) in [4.78, 5) is 138. The number of aliphatic hydroxyl groups is 3. The number of nitrogens with zero attached hydrogens (tertiary/aromatic N) is 12. The molecule has 0 saturated heterocycles. The predicted molar refractivity (Wildman–Crippen MR) is 525 cm³/mol. The molecular formula is C104H107ClN20O15. The predicted octanol–water partition coefficient (Wildman–Crippen LogP) is 13.8. The van der Waals surface area contributed by atoms with Gasteiger partial charge in [-0.15, -0.1) is 0 Å². The van der Waals surface area contributed by atoms with Gasteiger partial charge in [-0.3, -0.25) is 58.8 Å². The number of hydrogen-bond acceptors (Lipinski definition) is 23. The Balaban J connectivity index is 0.000000129. The molecule has 8 heterocycles. The van der Waals surface area contributed by atoms with E-state index in [1.807, 2.05) is 172 Å². The number of carbonyl (C=O) groups is 4. The Kier molecular flexibility index (Phi) is 29.2. The Morgan fingerprint density at radius 1 is 0.350 bits per heavy atom. The molecule has 8 aromatic heterocycles. The normalized spacial score (nSPS) is 14.8. The van der Waals surface area contributed by atoms with Gasteiger partial charge in [-0.25, -0.2) is 19.9 Å². The SMILES string of the molecule is CCC1(NC(=O)c2c(Cl)cccc2OCc2cc(=O)n3[nH]c(-c4ccccc4)nc3n2)CC1.Cc1cccc(OCc2cc(=O)n3[nH]c(-c4ccccc4)nc3n2)c1C(=O)NC1(CO)CCCCC1.Cc1cccc(OCc2cc(=O)n3[nH]c(-c4ccccc4)nc3n2)c1C(=O)NCC1(O)CCCC1.Cc1cccc(OCc2cc(=O)n3[nH]c(-c4ccccc4)nc3n2)c1C(=O)NCC1(O)CCCCC1. The smallest absolute Gasteiger partial charge is 0.274 e. The van der Waals surface area contributed by atoms with Crippen molar-refractivity contribution in [2.45, 2.75) is 186 Å². The van der Waals surface area contributed by atoms with Gasteiger partial charge in [0.25, 0.3) is 69.0 Å². The number of aryl methyl sites for hydroxylation is 3. The molecule has 0 bridgehead atoms. The topological polar surface area (TPSA) is 466 Å². The van der Waals surface area contributed by atoms with Gasteiger partial charge >= 0.3 is 0 Å². The zero-order valence-electron chi connectivity index (χ0n) is 77.7. The van der Waals surface area contributed by atoms with E-state index in [1.54, 1.807) is 42.5 Å². The summed E-state index contributed by atoms with van der Waals surface area (Å²) in [5, 5.41) is 55.4. The van der Waals surface area contributed by atoms with Crippen molar-refractivity contribution in [3.05, 3.63) is 327 Å². The minimum atomic E-state index is -0.860. The van der Waals surface area contributed by atoms with Crippen LogP contribution in [-0.4, -0.2) is 159 Å². The largest absolute Gasteiger partial charge is 0.486 e. The highest BCUT2D eigenvalue weighted by Crippen LogP contribution is 2.41. The Hall–Kier alpha value is -15.6. The van der Waals surface area contributed by atoms with Crippen LogP contribution in [0.2, 0.25) is 5.02 Å². The minimum Gasteiger partial charge on any atom is -0.486 e. The highest BCUT2D eigenvalue weighted by atomic mass is 35.5. The second-order valence-corrected chi connectivity index (χ2v) is 36.3. The zero-order chi connectivity index (χ0) is 97.7. The van der Waals surface area contributed by atoms with Crippen LogP contribution in [0.5, 0.6) is 23.0 Å². The van der Waals surface area contributed by atoms with Gasteiger partial charge < -0.3 is 55.5 Å². The number of carbonyl (C=O) groups excluding carboxylic acids is 4. The van der Waals surface area contributed by atoms with Crippen LogP contribution in [0.25, 0.3) is 68.7 Å². The van der Waals surface area contributed by atoms with E-state index in [0.29, 0.717) is 116 Å². The molecule has 4 aliphatic rings. The van der Waals surface area contributed by atoms with Crippen LogP contribution in [-0.2, 0) is 26.4 Å². The van der Waals surface area contributed by atoms with E-state index in [0.717, 1.165) is 122 Å². The Morgan fingerprint density at radius 2 is 0.629 bits per heavy atom. The fourth-order valence-corrected chi connectivity index (χ4v) is 17.9. The Labute approximate surface area is 807 Å². The average molecular weight is 1910 g/mol. The molecule has 8 aromatic carbocycles. The van der Waals surface area contributed by atoms with E-state index in [4.69, 9.17) is 30.5 Å². The van der Waals surface area contributed by atoms with Crippen LogP contribution in [0.3, 0.4) is 0 Å². The van der Waals surface area contributed by atoms with Crippen molar-refractivity contribution >= 4 is 58.3 Å². The zero-order valence-corrected chi connectivity index (χ0v) is 78.5. The lowest BCUT2D eigenvalue weighted by atomic mass is 9.82. The first kappa shape index (κ1) is 96.1. The number of fused-ring (bicyclic) bond motifs is 4. The Bertz CT molecular complexity index is 7440. The third-order valence-corrected chi connectivity index (χ3v) is 26.0. The van der Waals surface area contributed by atoms with E-state index in [9.17, 15) is 53.7 Å². The van der Waals surface area contributed by atoms with E-state index in [-0.39, 0.29) is 126 Å². The first-order chi connectivity index (χ1) is 67.8. The molecule has 4 fully saturated rings. The summed E-state index contributed by atoms with van der Waals surface area (Å²) in [6.45, 7) is 7.85.